The Bertz CT molecular complexity index is 241. The van der Waals surface area contributed by atoms with Crippen LogP contribution in [0.25, 0.3) is 0 Å². The third kappa shape index (κ3) is 1.65. The number of hydrogen-bond donors (Lipinski definition) is 1. The molecule has 1 aliphatic heterocycles. The van der Waals surface area contributed by atoms with Crippen molar-refractivity contribution in [1.82, 2.24) is 4.90 Å². The Morgan fingerprint density at radius 1 is 1.57 bits per heavy atom. The molecular formula is C11H19NO2. The fourth-order valence-electron chi connectivity index (χ4n) is 3.09. The second-order valence-electron chi connectivity index (χ2n) is 4.90. The summed E-state index contributed by atoms with van der Waals surface area (Å²) in [6.45, 7) is 5.60. The summed E-state index contributed by atoms with van der Waals surface area (Å²) in [5, 5.41) is 8.97. The highest BCUT2D eigenvalue weighted by Crippen LogP contribution is 2.47. The van der Waals surface area contributed by atoms with Gasteiger partial charge < -0.3 is 10.0 Å². The van der Waals surface area contributed by atoms with Gasteiger partial charge in [0.1, 0.15) is 0 Å². The predicted octanol–water partition coefficient (Wildman–Crippen LogP) is 1.58. The zero-order chi connectivity index (χ0) is 10.2. The number of carboxylic acid groups (broad SMARTS) is 1. The van der Waals surface area contributed by atoms with E-state index in [0.717, 1.165) is 32.4 Å². The summed E-state index contributed by atoms with van der Waals surface area (Å²) < 4.78 is 0. The molecule has 0 bridgehead atoms. The summed E-state index contributed by atoms with van der Waals surface area (Å²) in [4.78, 5) is 13.3. The molecule has 0 amide bonds. The Morgan fingerprint density at radius 3 is 2.86 bits per heavy atom. The average Bonchev–Trinajstić information content (AvgIpc) is 2.74. The molecule has 3 nitrogen and oxygen atoms in total. The monoisotopic (exact) mass is 197 g/mol. The van der Waals surface area contributed by atoms with E-state index in [-0.39, 0.29) is 5.92 Å². The quantitative estimate of drug-likeness (QED) is 0.730. The van der Waals surface area contributed by atoms with Crippen molar-refractivity contribution in [2.45, 2.75) is 32.6 Å². The minimum absolute atomic E-state index is 0.0631. The first-order chi connectivity index (χ1) is 6.65. The molecule has 0 aromatic rings. The van der Waals surface area contributed by atoms with Crippen molar-refractivity contribution in [3.63, 3.8) is 0 Å². The third-order valence-corrected chi connectivity index (χ3v) is 4.02. The van der Waals surface area contributed by atoms with Gasteiger partial charge in [-0.05, 0) is 44.2 Å². The van der Waals surface area contributed by atoms with Crippen LogP contribution in [0.1, 0.15) is 32.6 Å². The third-order valence-electron chi connectivity index (χ3n) is 4.02. The molecule has 80 valence electrons. The van der Waals surface area contributed by atoms with Crippen LogP contribution in [0.15, 0.2) is 0 Å². The second kappa shape index (κ2) is 3.54. The number of aliphatic carboxylic acids is 1. The maximum Gasteiger partial charge on any atom is 0.306 e. The van der Waals surface area contributed by atoms with E-state index in [1.54, 1.807) is 0 Å². The fraction of sp³-hybridized carbons (Fsp3) is 0.909. The lowest BCUT2D eigenvalue weighted by Gasteiger charge is -2.23. The molecule has 1 aliphatic carbocycles. The maximum absolute atomic E-state index is 10.9. The van der Waals surface area contributed by atoms with Crippen LogP contribution in [0.5, 0.6) is 0 Å². The number of carboxylic acids is 1. The first-order valence-corrected chi connectivity index (χ1v) is 5.60. The first kappa shape index (κ1) is 9.97. The summed E-state index contributed by atoms with van der Waals surface area (Å²) >= 11 is 0. The van der Waals surface area contributed by atoms with Gasteiger partial charge in [0, 0.05) is 6.54 Å². The molecule has 3 heteroatoms. The average molecular weight is 197 g/mol. The molecule has 2 fully saturated rings. The number of nitrogens with zero attached hydrogens (tertiary/aromatic N) is 1. The van der Waals surface area contributed by atoms with Gasteiger partial charge in [-0.25, -0.2) is 0 Å². The highest BCUT2D eigenvalue weighted by Gasteiger charge is 2.45. The minimum Gasteiger partial charge on any atom is -0.481 e. The Hall–Kier alpha value is -0.570. The van der Waals surface area contributed by atoms with E-state index in [1.165, 1.54) is 13.0 Å². The maximum atomic E-state index is 10.9. The van der Waals surface area contributed by atoms with Crippen molar-refractivity contribution < 1.29 is 9.90 Å². The van der Waals surface area contributed by atoms with Gasteiger partial charge in [-0.1, -0.05) is 6.92 Å². The highest BCUT2D eigenvalue weighted by atomic mass is 16.4. The summed E-state index contributed by atoms with van der Waals surface area (Å²) in [7, 11) is 0. The highest BCUT2D eigenvalue weighted by molar-refractivity contribution is 5.70. The van der Waals surface area contributed by atoms with Crippen LogP contribution in [0.2, 0.25) is 0 Å². The van der Waals surface area contributed by atoms with Crippen LogP contribution in [0.3, 0.4) is 0 Å². The van der Waals surface area contributed by atoms with Gasteiger partial charge in [0.05, 0.1) is 5.92 Å². The molecule has 2 atom stereocenters. The van der Waals surface area contributed by atoms with Crippen LogP contribution in [0.4, 0.5) is 0 Å². The summed E-state index contributed by atoms with van der Waals surface area (Å²) in [6.07, 6.45) is 4.15. The van der Waals surface area contributed by atoms with E-state index in [9.17, 15) is 4.79 Å². The smallest absolute Gasteiger partial charge is 0.306 e. The molecule has 1 N–H and O–H groups in total. The second-order valence-corrected chi connectivity index (χ2v) is 4.90. The minimum atomic E-state index is -0.586. The van der Waals surface area contributed by atoms with E-state index in [4.69, 9.17) is 5.11 Å². The largest absolute Gasteiger partial charge is 0.481 e. The van der Waals surface area contributed by atoms with Gasteiger partial charge in [0.15, 0.2) is 0 Å². The zero-order valence-corrected chi connectivity index (χ0v) is 8.83. The molecule has 14 heavy (non-hydrogen) atoms. The van der Waals surface area contributed by atoms with Crippen molar-refractivity contribution in [3.05, 3.63) is 0 Å². The molecule has 1 saturated carbocycles. The Kier molecular flexibility index (Phi) is 2.52. The van der Waals surface area contributed by atoms with E-state index in [1.807, 2.05) is 0 Å². The lowest BCUT2D eigenvalue weighted by molar-refractivity contribution is -0.141. The van der Waals surface area contributed by atoms with Gasteiger partial charge in [0.2, 0.25) is 0 Å². The molecular weight excluding hydrogens is 178 g/mol. The SMILES string of the molecule is CCN1CC[C@]2(CC[C@H](C(=O)O)C2)C1. The molecule has 2 rings (SSSR count). The molecule has 0 unspecified atom stereocenters. The van der Waals surface area contributed by atoms with Crippen molar-refractivity contribution in [2.24, 2.45) is 11.3 Å². The molecule has 0 aromatic heterocycles. The topological polar surface area (TPSA) is 40.5 Å². The van der Waals surface area contributed by atoms with Crippen LogP contribution in [0, 0.1) is 11.3 Å². The van der Waals surface area contributed by atoms with E-state index in [0.29, 0.717) is 5.41 Å². The van der Waals surface area contributed by atoms with Crippen molar-refractivity contribution in [3.8, 4) is 0 Å². The predicted molar refractivity (Wildman–Crippen MR) is 54.1 cm³/mol. The zero-order valence-electron chi connectivity index (χ0n) is 8.83. The van der Waals surface area contributed by atoms with Gasteiger partial charge in [0.25, 0.3) is 0 Å². The Morgan fingerprint density at radius 2 is 2.36 bits per heavy atom. The summed E-state index contributed by atoms with van der Waals surface area (Å²) in [5.41, 5.74) is 0.360. The van der Waals surface area contributed by atoms with Crippen LogP contribution >= 0.6 is 0 Å². The van der Waals surface area contributed by atoms with Gasteiger partial charge >= 0.3 is 5.97 Å². The summed E-state index contributed by atoms with van der Waals surface area (Å²) in [5.74, 6) is -0.649. The van der Waals surface area contributed by atoms with Crippen LogP contribution in [-0.2, 0) is 4.79 Å². The van der Waals surface area contributed by atoms with Gasteiger partial charge in [-0.3, -0.25) is 4.79 Å². The standard InChI is InChI=1S/C11H19NO2/c1-2-12-6-5-11(8-12)4-3-9(7-11)10(13)14/h9H,2-8H2,1H3,(H,13,14)/t9-,11-/m0/s1. The van der Waals surface area contributed by atoms with Gasteiger partial charge in [-0.15, -0.1) is 0 Å². The molecule has 1 spiro atoms. The molecule has 0 radical (unpaired) electrons. The van der Waals surface area contributed by atoms with E-state index in [2.05, 4.69) is 11.8 Å². The molecule has 1 heterocycles. The number of rotatable bonds is 2. The lowest BCUT2D eigenvalue weighted by Crippen LogP contribution is -2.25. The number of carbonyl (C=O) groups is 1. The van der Waals surface area contributed by atoms with Crippen molar-refractivity contribution in [2.75, 3.05) is 19.6 Å². The van der Waals surface area contributed by atoms with Crippen LogP contribution < -0.4 is 0 Å². The van der Waals surface area contributed by atoms with Crippen molar-refractivity contribution in [1.29, 1.82) is 0 Å². The molecule has 0 aromatic carbocycles. The normalized spacial score (nSPS) is 38.2. The van der Waals surface area contributed by atoms with Gasteiger partial charge in [-0.2, -0.15) is 0 Å². The Labute approximate surface area is 85.1 Å². The van der Waals surface area contributed by atoms with E-state index < -0.39 is 5.97 Å². The Balaban J connectivity index is 1.97. The van der Waals surface area contributed by atoms with Crippen molar-refractivity contribution >= 4 is 5.97 Å². The molecule has 2 aliphatic rings. The number of hydrogen-bond acceptors (Lipinski definition) is 2. The summed E-state index contributed by atoms with van der Waals surface area (Å²) in [6, 6.07) is 0. The van der Waals surface area contributed by atoms with Crippen LogP contribution in [-0.4, -0.2) is 35.6 Å². The fourth-order valence-corrected chi connectivity index (χ4v) is 3.09. The molecule has 1 saturated heterocycles. The first-order valence-electron chi connectivity index (χ1n) is 5.60. The van der Waals surface area contributed by atoms with E-state index >= 15 is 0 Å². The number of likely N-dealkylation sites (tertiary alicyclic amines) is 1. The lowest BCUT2D eigenvalue weighted by atomic mass is 9.84.